The van der Waals surface area contributed by atoms with Crippen molar-refractivity contribution in [3.05, 3.63) is 72.8 Å². The molecule has 0 unspecified atom stereocenters. The summed E-state index contributed by atoms with van der Waals surface area (Å²) in [5.74, 6) is 0. The van der Waals surface area contributed by atoms with E-state index in [4.69, 9.17) is 0 Å². The maximum absolute atomic E-state index is 11.4. The number of hydrogen-bond acceptors (Lipinski definition) is 1. The number of hydrogen-bond donors (Lipinski definition) is 2. The predicted octanol–water partition coefficient (Wildman–Crippen LogP) is 4.64. The zero-order valence-electron chi connectivity index (χ0n) is 13.5. The second-order valence-corrected chi connectivity index (χ2v) is 7.90. The summed E-state index contributed by atoms with van der Waals surface area (Å²) in [7, 11) is -4.05. The van der Waals surface area contributed by atoms with Gasteiger partial charge in [-0.1, -0.05) is 60.7 Å². The fourth-order valence-corrected chi connectivity index (χ4v) is 3.89. The van der Waals surface area contributed by atoms with Crippen LogP contribution in [0.15, 0.2) is 72.8 Å². The molecule has 4 aromatic rings. The van der Waals surface area contributed by atoms with Crippen LogP contribution in [0, 0.1) is 0 Å². The Morgan fingerprint density at radius 1 is 0.800 bits per heavy atom. The van der Waals surface area contributed by atoms with Crippen LogP contribution in [0.2, 0.25) is 0 Å². The van der Waals surface area contributed by atoms with Crippen LogP contribution in [0.3, 0.4) is 0 Å². The minimum Gasteiger partial charge on any atom is -0.340 e. The Morgan fingerprint density at radius 2 is 1.48 bits per heavy atom. The number of nitrogens with zero attached hydrogens (tertiary/aromatic N) is 1. The summed E-state index contributed by atoms with van der Waals surface area (Å²) in [6.45, 7) is 0.284. The fraction of sp³-hybridized carbons (Fsp3) is 0.100. The van der Waals surface area contributed by atoms with Crippen molar-refractivity contribution in [2.45, 2.75) is 6.54 Å². The van der Waals surface area contributed by atoms with Crippen LogP contribution in [0.4, 0.5) is 0 Å². The van der Waals surface area contributed by atoms with Crippen molar-refractivity contribution in [2.24, 2.45) is 0 Å². The van der Waals surface area contributed by atoms with E-state index in [1.165, 1.54) is 0 Å². The van der Waals surface area contributed by atoms with Gasteiger partial charge >= 0.3 is 7.60 Å². The molecular weight excluding hydrogens is 333 g/mol. The molecule has 0 atom stereocenters. The van der Waals surface area contributed by atoms with E-state index in [0.717, 1.165) is 32.9 Å². The third-order valence-electron chi connectivity index (χ3n) is 4.50. The Bertz CT molecular complexity index is 1100. The highest BCUT2D eigenvalue weighted by molar-refractivity contribution is 7.51. The van der Waals surface area contributed by atoms with E-state index in [1.54, 1.807) is 0 Å². The molecule has 126 valence electrons. The quantitative estimate of drug-likeness (QED) is 0.527. The van der Waals surface area contributed by atoms with E-state index in [-0.39, 0.29) is 12.7 Å². The number of rotatable bonds is 4. The van der Waals surface area contributed by atoms with E-state index in [1.807, 2.05) is 53.1 Å². The Kier molecular flexibility index (Phi) is 3.97. The van der Waals surface area contributed by atoms with Gasteiger partial charge in [-0.2, -0.15) is 0 Å². The van der Waals surface area contributed by atoms with Gasteiger partial charge in [0.15, 0.2) is 0 Å². The summed E-state index contributed by atoms with van der Waals surface area (Å²) >= 11 is 0. The van der Waals surface area contributed by atoms with E-state index in [2.05, 4.69) is 24.3 Å². The SMILES string of the molecule is O=P(O)(O)CCn1c2ccccc2c2c(-c3ccccc3)cccc21. The van der Waals surface area contributed by atoms with Crippen LogP contribution in [0.1, 0.15) is 0 Å². The molecule has 0 aliphatic rings. The molecule has 4 nitrogen and oxygen atoms in total. The molecule has 0 bridgehead atoms. The second-order valence-electron chi connectivity index (χ2n) is 6.12. The topological polar surface area (TPSA) is 62.5 Å². The van der Waals surface area contributed by atoms with Gasteiger partial charge in [-0.05, 0) is 23.3 Å². The standard InChI is InChI=1S/C20H18NO3P/c22-25(23,24)14-13-21-18-11-5-4-9-17(18)20-16(10-6-12-19(20)21)15-7-2-1-3-8-15/h1-12H,13-14H2,(H2,22,23,24). The molecule has 2 N–H and O–H groups in total. The van der Waals surface area contributed by atoms with Crippen molar-refractivity contribution in [3.63, 3.8) is 0 Å². The summed E-state index contributed by atoms with van der Waals surface area (Å²) in [6.07, 6.45) is -0.170. The van der Waals surface area contributed by atoms with E-state index >= 15 is 0 Å². The van der Waals surface area contributed by atoms with Gasteiger partial charge in [0.05, 0.1) is 6.16 Å². The van der Waals surface area contributed by atoms with Gasteiger partial charge in [0.25, 0.3) is 0 Å². The summed E-state index contributed by atoms with van der Waals surface area (Å²) in [5, 5.41) is 2.22. The maximum Gasteiger partial charge on any atom is 0.327 e. The van der Waals surface area contributed by atoms with E-state index in [0.29, 0.717) is 0 Å². The Labute approximate surface area is 145 Å². The number of benzene rings is 3. The minimum absolute atomic E-state index is 0.170. The second kappa shape index (κ2) is 6.16. The van der Waals surface area contributed by atoms with Crippen molar-refractivity contribution >= 4 is 29.4 Å². The molecule has 1 heterocycles. The fourth-order valence-electron chi connectivity index (χ4n) is 3.43. The molecule has 3 aromatic carbocycles. The van der Waals surface area contributed by atoms with Gasteiger partial charge in [0.2, 0.25) is 0 Å². The van der Waals surface area contributed by atoms with Crippen LogP contribution < -0.4 is 0 Å². The van der Waals surface area contributed by atoms with E-state index < -0.39 is 7.60 Å². The molecule has 0 aliphatic carbocycles. The summed E-state index contributed by atoms with van der Waals surface area (Å²) in [5.41, 5.74) is 4.25. The molecule has 25 heavy (non-hydrogen) atoms. The monoisotopic (exact) mass is 351 g/mol. The lowest BCUT2D eigenvalue weighted by Crippen LogP contribution is -2.02. The first-order chi connectivity index (χ1) is 12.0. The predicted molar refractivity (Wildman–Crippen MR) is 102 cm³/mol. The molecule has 4 rings (SSSR count). The summed E-state index contributed by atoms with van der Waals surface area (Å²) in [6, 6.07) is 24.3. The Morgan fingerprint density at radius 3 is 2.24 bits per heavy atom. The van der Waals surface area contributed by atoms with Gasteiger partial charge in [0, 0.05) is 28.4 Å². The molecule has 0 amide bonds. The molecule has 1 aromatic heterocycles. The molecule has 0 saturated heterocycles. The van der Waals surface area contributed by atoms with Crippen LogP contribution in [-0.2, 0) is 11.1 Å². The van der Waals surface area contributed by atoms with Crippen molar-refractivity contribution in [1.29, 1.82) is 0 Å². The van der Waals surface area contributed by atoms with Crippen LogP contribution in [0.25, 0.3) is 32.9 Å². The Hall–Kier alpha value is -2.39. The van der Waals surface area contributed by atoms with Gasteiger partial charge in [-0.15, -0.1) is 0 Å². The van der Waals surface area contributed by atoms with Gasteiger partial charge in [-0.3, -0.25) is 4.57 Å². The van der Waals surface area contributed by atoms with Crippen molar-refractivity contribution in [2.75, 3.05) is 6.16 Å². The number of aromatic nitrogens is 1. The highest BCUT2D eigenvalue weighted by Crippen LogP contribution is 2.39. The molecule has 0 spiro atoms. The average molecular weight is 351 g/mol. The molecule has 5 heteroatoms. The first kappa shape index (κ1) is 16.1. The molecule has 0 saturated carbocycles. The molecule has 0 radical (unpaired) electrons. The summed E-state index contributed by atoms with van der Waals surface area (Å²) in [4.78, 5) is 18.6. The van der Waals surface area contributed by atoms with Gasteiger partial charge in [-0.25, -0.2) is 0 Å². The van der Waals surface area contributed by atoms with Crippen LogP contribution in [-0.4, -0.2) is 20.5 Å². The van der Waals surface area contributed by atoms with Crippen molar-refractivity contribution < 1.29 is 14.4 Å². The highest BCUT2D eigenvalue weighted by Gasteiger charge is 2.18. The molecule has 0 aliphatic heterocycles. The molecular formula is C20H18NO3P. The first-order valence-corrected chi connectivity index (χ1v) is 9.94. The normalized spacial score (nSPS) is 12.1. The number of aryl methyl sites for hydroxylation is 1. The number of fused-ring (bicyclic) bond motifs is 3. The Balaban J connectivity index is 2.01. The third-order valence-corrected chi connectivity index (χ3v) is 5.28. The largest absolute Gasteiger partial charge is 0.340 e. The maximum atomic E-state index is 11.4. The highest BCUT2D eigenvalue weighted by atomic mass is 31.2. The lowest BCUT2D eigenvalue weighted by molar-refractivity contribution is 0.370. The zero-order valence-corrected chi connectivity index (χ0v) is 14.4. The first-order valence-electron chi connectivity index (χ1n) is 8.14. The van der Waals surface area contributed by atoms with Crippen LogP contribution in [0.5, 0.6) is 0 Å². The number of para-hydroxylation sites is 1. The lowest BCUT2D eigenvalue weighted by atomic mass is 9.99. The van der Waals surface area contributed by atoms with E-state index in [9.17, 15) is 14.4 Å². The third kappa shape index (κ3) is 3.00. The van der Waals surface area contributed by atoms with Gasteiger partial charge < -0.3 is 14.4 Å². The zero-order chi connectivity index (χ0) is 17.4. The summed E-state index contributed by atoms with van der Waals surface area (Å²) < 4.78 is 13.4. The van der Waals surface area contributed by atoms with Crippen LogP contribution >= 0.6 is 7.60 Å². The minimum atomic E-state index is -4.05. The van der Waals surface area contributed by atoms with Crippen molar-refractivity contribution in [1.82, 2.24) is 4.57 Å². The smallest absolute Gasteiger partial charge is 0.327 e. The van der Waals surface area contributed by atoms with Gasteiger partial charge in [0.1, 0.15) is 0 Å². The van der Waals surface area contributed by atoms with Crippen molar-refractivity contribution in [3.8, 4) is 11.1 Å². The lowest BCUT2D eigenvalue weighted by Gasteiger charge is -2.09. The average Bonchev–Trinajstić information content (AvgIpc) is 2.94. The molecule has 0 fully saturated rings.